The molecule has 6 aromatic carbocycles. The third-order valence-electron chi connectivity index (χ3n) is 11.3. The molecule has 0 amide bonds. The van der Waals surface area contributed by atoms with Gasteiger partial charge in [0.05, 0.1) is 88.2 Å². The summed E-state index contributed by atoms with van der Waals surface area (Å²) in [6.45, 7) is 6.00. The first-order valence-electron chi connectivity index (χ1n) is 23.7. The molecule has 5 aliphatic rings. The van der Waals surface area contributed by atoms with Gasteiger partial charge < -0.3 is 66.1 Å². The van der Waals surface area contributed by atoms with Crippen LogP contribution in [0.5, 0.6) is 46.0 Å². The van der Waals surface area contributed by atoms with Crippen molar-refractivity contribution in [1.82, 2.24) is 14.1 Å². The maximum atomic E-state index is 7.16. The summed E-state index contributed by atoms with van der Waals surface area (Å²) < 4.78 is 77.3. The van der Waals surface area contributed by atoms with Crippen LogP contribution in [0.3, 0.4) is 0 Å². The molecule has 7 atom stereocenters. The van der Waals surface area contributed by atoms with Crippen molar-refractivity contribution in [3.8, 4) is 46.0 Å². The van der Waals surface area contributed by atoms with Crippen LogP contribution in [0.4, 0.5) is 0 Å². The van der Waals surface area contributed by atoms with Crippen molar-refractivity contribution in [3.05, 3.63) is 168 Å². The van der Waals surface area contributed by atoms with Crippen LogP contribution in [0.15, 0.2) is 146 Å². The number of para-hydroxylation sites is 6. The van der Waals surface area contributed by atoms with E-state index >= 15 is 0 Å². The van der Waals surface area contributed by atoms with Crippen LogP contribution in [0.25, 0.3) is 0 Å². The van der Waals surface area contributed by atoms with Crippen molar-refractivity contribution in [2.24, 2.45) is 0 Å². The Morgan fingerprint density at radius 1 is 0.444 bits per heavy atom. The first-order valence-corrected chi connectivity index (χ1v) is 27.0. The van der Waals surface area contributed by atoms with E-state index in [1.165, 1.54) is 0 Å². The minimum absolute atomic E-state index is 0.103. The minimum atomic E-state index is -2.03. The normalized spacial score (nSPS) is 22.5. The lowest BCUT2D eigenvalue weighted by molar-refractivity contribution is 0.0620. The summed E-state index contributed by atoms with van der Waals surface area (Å²) in [4.78, 5) is 17.3. The molecule has 5 heterocycles. The number of nitrogens with zero attached hydrogens (tertiary/aromatic N) is 2. The Hall–Kier alpha value is -5.03. The highest BCUT2D eigenvalue weighted by Gasteiger charge is 2.47. The fourth-order valence-electron chi connectivity index (χ4n) is 7.12. The molecule has 20 heteroatoms. The van der Waals surface area contributed by atoms with Gasteiger partial charge in [0, 0.05) is 26.9 Å². The number of epoxide rings is 4. The van der Waals surface area contributed by atoms with Gasteiger partial charge in [-0.05, 0) is 53.1 Å². The predicted molar refractivity (Wildman–Crippen MR) is 268 cm³/mol. The van der Waals surface area contributed by atoms with Gasteiger partial charge in [0.1, 0.15) is 47.4 Å². The highest BCUT2D eigenvalue weighted by Crippen LogP contribution is 2.67. The molecular weight excluding hydrogens is 984 g/mol. The van der Waals surface area contributed by atoms with Crippen molar-refractivity contribution in [1.29, 1.82) is 0 Å². The SMILES string of the molecule is c1ccc(ON2P(Oc3cccc(Oc4ccccc4COCC4CO4)c3Oc3ccccc3COCC3CO3)NPN(Oc3ccccc3COCC3CO3)P2Oc2ccccc2COCC2CO2)cc1. The zero-order valence-electron chi connectivity index (χ0n) is 39.2. The van der Waals surface area contributed by atoms with Crippen molar-refractivity contribution < 1.29 is 66.1 Å². The minimum Gasteiger partial charge on any atom is -0.453 e. The molecule has 0 bridgehead atoms. The van der Waals surface area contributed by atoms with E-state index in [0.29, 0.717) is 125 Å². The number of ether oxygens (including phenoxy) is 10. The molecule has 0 aromatic heterocycles. The third kappa shape index (κ3) is 14.0. The maximum absolute atomic E-state index is 7.16. The van der Waals surface area contributed by atoms with Gasteiger partial charge >= 0.3 is 8.45 Å². The van der Waals surface area contributed by atoms with Crippen molar-refractivity contribution in [2.45, 2.75) is 50.8 Å². The molecule has 376 valence electrons. The molecule has 72 heavy (non-hydrogen) atoms. The summed E-state index contributed by atoms with van der Waals surface area (Å²) in [6, 6.07) is 46.1. The van der Waals surface area contributed by atoms with Crippen LogP contribution in [0.2, 0.25) is 0 Å². The summed E-state index contributed by atoms with van der Waals surface area (Å²) in [5.41, 5.74) is 3.37. The lowest BCUT2D eigenvalue weighted by Crippen LogP contribution is -2.37. The summed E-state index contributed by atoms with van der Waals surface area (Å²) >= 11 is 0. The third-order valence-corrected chi connectivity index (χ3v) is 16.4. The molecule has 5 saturated heterocycles. The van der Waals surface area contributed by atoms with Crippen molar-refractivity contribution >= 4 is 25.8 Å². The summed E-state index contributed by atoms with van der Waals surface area (Å²) in [5, 5.41) is 0. The predicted octanol–water partition coefficient (Wildman–Crippen LogP) is 10.5. The molecule has 7 unspecified atom stereocenters. The zero-order valence-corrected chi connectivity index (χ0v) is 41.9. The Morgan fingerprint density at radius 3 is 1.42 bits per heavy atom. The first-order chi connectivity index (χ1) is 35.6. The Kier molecular flexibility index (Phi) is 16.6. The summed E-state index contributed by atoms with van der Waals surface area (Å²) in [6.07, 6.45) is 0.453. The second-order valence-electron chi connectivity index (χ2n) is 17.1. The van der Waals surface area contributed by atoms with Crippen LogP contribution >= 0.6 is 25.8 Å². The number of rotatable bonds is 28. The molecule has 0 radical (unpaired) electrons. The average molecular weight is 1040 g/mol. The van der Waals surface area contributed by atoms with Crippen LogP contribution < -0.4 is 33.1 Å². The summed E-state index contributed by atoms with van der Waals surface area (Å²) in [7, 11) is -4.17. The highest BCUT2D eigenvalue weighted by atomic mass is 31.3. The molecule has 0 saturated carbocycles. The molecule has 1 N–H and O–H groups in total. The van der Waals surface area contributed by atoms with Crippen molar-refractivity contribution in [2.75, 3.05) is 52.9 Å². The second-order valence-corrected chi connectivity index (χ2v) is 21.8. The number of hydrogen-bond acceptors (Lipinski definition) is 17. The van der Waals surface area contributed by atoms with Gasteiger partial charge in [-0.15, -0.1) is 0 Å². The summed E-state index contributed by atoms with van der Waals surface area (Å²) in [5.74, 6) is 3.95. The molecule has 0 aliphatic carbocycles. The number of benzene rings is 6. The molecular formula is C52H54N3O14P3. The van der Waals surface area contributed by atoms with E-state index in [1.54, 1.807) is 9.21 Å². The smallest absolute Gasteiger partial charge is 0.332 e. The van der Waals surface area contributed by atoms with E-state index in [9.17, 15) is 0 Å². The molecule has 6 aromatic rings. The van der Waals surface area contributed by atoms with Crippen LogP contribution in [0.1, 0.15) is 22.3 Å². The topological polar surface area (TPSA) is 161 Å². The monoisotopic (exact) mass is 1040 g/mol. The first kappa shape index (κ1) is 49.2. The number of hydrogen-bond donors (Lipinski definition) is 1. The number of nitrogens with one attached hydrogen (secondary N) is 1. The van der Waals surface area contributed by atoms with Crippen molar-refractivity contribution in [3.63, 3.8) is 0 Å². The molecule has 11 rings (SSSR count). The Morgan fingerprint density at radius 2 is 0.875 bits per heavy atom. The van der Waals surface area contributed by atoms with Gasteiger partial charge in [-0.3, -0.25) is 0 Å². The molecule has 5 aliphatic heterocycles. The van der Waals surface area contributed by atoms with Gasteiger partial charge in [-0.1, -0.05) is 97.1 Å². The molecule has 17 nitrogen and oxygen atoms in total. The molecule has 0 spiro atoms. The fraction of sp³-hybridized carbons (Fsp3) is 0.308. The van der Waals surface area contributed by atoms with E-state index < -0.39 is 16.9 Å². The standard InChI is InChI=1S/C52H54N3O14P3/c1-2-17-41(18-3-1)66-55-71(53-70-54(67-48-21-10-6-15-39(48)27-58-31-44-35-62-44)72(55)69-49-22-11-7-16-40(49)28-59-32-45-36-63-45)68-51-24-12-23-50(64-46-19-8-4-13-37(46)25-56-29-42-33-60-42)52(51)65-47-20-9-5-14-38(47)26-57-30-43-34-61-43/h1-24,42-45,53,70H,25-36H2. The Labute approximate surface area is 422 Å². The van der Waals surface area contributed by atoms with E-state index in [2.05, 4.69) is 4.86 Å². The Balaban J connectivity index is 0.940. The largest absolute Gasteiger partial charge is 0.453 e. The lowest BCUT2D eigenvalue weighted by atomic mass is 10.2. The van der Waals surface area contributed by atoms with E-state index in [4.69, 9.17) is 66.1 Å². The highest BCUT2D eigenvalue weighted by molar-refractivity contribution is 7.74. The van der Waals surface area contributed by atoms with Crippen LogP contribution in [0, 0.1) is 0 Å². The van der Waals surface area contributed by atoms with Crippen LogP contribution in [-0.2, 0) is 64.3 Å². The Bertz CT molecular complexity index is 2700. The van der Waals surface area contributed by atoms with E-state index in [-0.39, 0.29) is 33.3 Å². The van der Waals surface area contributed by atoms with Gasteiger partial charge in [0.15, 0.2) is 17.2 Å². The second kappa shape index (κ2) is 24.3. The van der Waals surface area contributed by atoms with Gasteiger partial charge in [0.2, 0.25) is 5.75 Å². The lowest BCUT2D eigenvalue weighted by Gasteiger charge is -2.42. The van der Waals surface area contributed by atoms with E-state index in [0.717, 1.165) is 22.3 Å². The zero-order chi connectivity index (χ0) is 48.3. The quantitative estimate of drug-likeness (QED) is 0.0365. The average Bonchev–Trinajstić information content (AvgIpc) is 4.15. The fourth-order valence-corrected chi connectivity index (χ4v) is 12.7. The van der Waals surface area contributed by atoms with E-state index in [1.807, 2.05) is 146 Å². The van der Waals surface area contributed by atoms with Gasteiger partial charge in [-0.25, -0.2) is 4.86 Å². The van der Waals surface area contributed by atoms with Crippen LogP contribution in [-0.4, -0.2) is 86.5 Å². The van der Waals surface area contributed by atoms with Gasteiger partial charge in [0.25, 0.3) is 8.45 Å². The molecule has 5 fully saturated rings. The van der Waals surface area contributed by atoms with Gasteiger partial charge in [-0.2, -0.15) is 0 Å². The maximum Gasteiger partial charge on any atom is 0.332 e.